The maximum atomic E-state index is 14.6. The molecule has 0 aliphatic rings. The van der Waals surface area contributed by atoms with E-state index in [-0.39, 0.29) is 12.2 Å². The molecule has 0 radical (unpaired) electrons. The number of allylic oxidation sites excluding steroid dienone is 4. The number of hydrogen-bond acceptors (Lipinski definition) is 7. The molecule has 0 atom stereocenters. The number of thiophene rings is 1. The minimum Gasteiger partial charge on any atom is -0.401 e. The highest BCUT2D eigenvalue weighted by Crippen LogP contribution is 2.32. The van der Waals surface area contributed by atoms with Crippen molar-refractivity contribution < 1.29 is 0 Å². The van der Waals surface area contributed by atoms with E-state index >= 15 is 0 Å². The number of aryl methyl sites for hydroxylation is 1. The van der Waals surface area contributed by atoms with Gasteiger partial charge < -0.3 is 5.73 Å². The van der Waals surface area contributed by atoms with Crippen molar-refractivity contribution in [2.75, 3.05) is 5.01 Å². The number of nitrogens with two attached hydrogens (primary N) is 2. The van der Waals surface area contributed by atoms with Gasteiger partial charge in [0.2, 0.25) is 0 Å². The maximum Gasteiger partial charge on any atom is 0.336 e. The number of pyridine rings is 1. The van der Waals surface area contributed by atoms with Gasteiger partial charge in [0.05, 0.1) is 29.8 Å². The topological polar surface area (TPSA) is 112 Å². The predicted molar refractivity (Wildman–Crippen MR) is 173 cm³/mol. The molecule has 3 aromatic heterocycles. The fourth-order valence-corrected chi connectivity index (χ4v) is 5.76. The summed E-state index contributed by atoms with van der Waals surface area (Å²) in [5, 5.41) is 5.11. The number of benzene rings is 2. The Labute approximate surface area is 251 Å². The van der Waals surface area contributed by atoms with Gasteiger partial charge in [0.25, 0.3) is 5.56 Å². The molecule has 3 heterocycles. The van der Waals surface area contributed by atoms with E-state index < -0.39 is 11.2 Å². The van der Waals surface area contributed by atoms with Crippen LogP contribution in [0.4, 0.5) is 5.69 Å². The third kappa shape index (κ3) is 5.45. The first-order chi connectivity index (χ1) is 20.2. The quantitative estimate of drug-likeness (QED) is 0.131. The second-order valence-electron chi connectivity index (χ2n) is 9.70. The van der Waals surface area contributed by atoms with Crippen LogP contribution in [0.25, 0.3) is 27.7 Å². The molecule has 0 aliphatic carbocycles. The van der Waals surface area contributed by atoms with Gasteiger partial charge in [0, 0.05) is 38.1 Å². The Kier molecular flexibility index (Phi) is 8.26. The van der Waals surface area contributed by atoms with Crippen molar-refractivity contribution in [3.63, 3.8) is 0 Å². The van der Waals surface area contributed by atoms with Crippen LogP contribution in [-0.2, 0) is 6.54 Å². The Morgan fingerprint density at radius 1 is 1.14 bits per heavy atom. The van der Waals surface area contributed by atoms with E-state index in [1.165, 1.54) is 11.2 Å². The zero-order chi connectivity index (χ0) is 30.0. The van der Waals surface area contributed by atoms with E-state index in [0.717, 1.165) is 20.4 Å². The first kappa shape index (κ1) is 28.8. The molecular formula is C32H29ClN6O2S. The summed E-state index contributed by atoms with van der Waals surface area (Å²) in [5.41, 5.74) is 7.89. The summed E-state index contributed by atoms with van der Waals surface area (Å²) < 4.78 is 2.67. The summed E-state index contributed by atoms with van der Waals surface area (Å²) in [6, 6.07) is 16.4. The lowest BCUT2D eigenvalue weighted by Gasteiger charge is -2.27. The molecule has 2 aromatic carbocycles. The standard InChI is InChI=1S/C32H29ClN6O2S/c1-4-5-13-27(21(3)34)39(35)30-29(23-10-8-11-25(33)15-23)37(18-22-14-20(2)42-19-22)32(41)38(31(30)40)28-17-36-16-24-9-6-7-12-26(24)28/h4-17,19H,1,18,34-35H2,2-3H3/b13-5-,27-21-. The molecule has 8 nitrogen and oxygen atoms in total. The highest BCUT2D eigenvalue weighted by Gasteiger charge is 2.27. The summed E-state index contributed by atoms with van der Waals surface area (Å²) >= 11 is 8.00. The average Bonchev–Trinajstić information content (AvgIpc) is 3.38. The molecule has 0 unspecified atom stereocenters. The minimum absolute atomic E-state index is 0.0327. The van der Waals surface area contributed by atoms with Crippen molar-refractivity contribution in [2.45, 2.75) is 20.4 Å². The molecule has 5 rings (SSSR count). The second kappa shape index (κ2) is 12.0. The minimum atomic E-state index is -0.640. The molecule has 0 saturated carbocycles. The van der Waals surface area contributed by atoms with Crippen molar-refractivity contribution in [1.82, 2.24) is 14.1 Å². The van der Waals surface area contributed by atoms with E-state index in [1.807, 2.05) is 42.6 Å². The monoisotopic (exact) mass is 596 g/mol. The lowest BCUT2D eigenvalue weighted by molar-refractivity contribution is 0.687. The summed E-state index contributed by atoms with van der Waals surface area (Å²) in [6.07, 6.45) is 8.10. The van der Waals surface area contributed by atoms with E-state index in [0.29, 0.717) is 38.7 Å². The van der Waals surface area contributed by atoms with Crippen LogP contribution in [-0.4, -0.2) is 14.1 Å². The number of hydrazine groups is 1. The van der Waals surface area contributed by atoms with Gasteiger partial charge >= 0.3 is 5.69 Å². The van der Waals surface area contributed by atoms with Crippen LogP contribution in [0.15, 0.2) is 118 Å². The maximum absolute atomic E-state index is 14.6. The third-order valence-corrected chi connectivity index (χ3v) is 7.87. The number of anilines is 1. The summed E-state index contributed by atoms with van der Waals surface area (Å²) in [4.78, 5) is 34.6. The van der Waals surface area contributed by atoms with Gasteiger partial charge in [-0.2, -0.15) is 0 Å². The number of rotatable bonds is 8. The average molecular weight is 597 g/mol. The van der Waals surface area contributed by atoms with E-state index in [4.69, 9.17) is 23.2 Å². The SMILES string of the molecule is C=C/C=C\C(=C(/C)N)N(N)c1c(-c2cccc(Cl)c2)n(Cc2csc(C)c2)c(=O)n(-c2cncc3ccccc23)c1=O. The summed E-state index contributed by atoms with van der Waals surface area (Å²) in [5.74, 6) is 6.77. The Bertz CT molecular complexity index is 1990. The highest BCUT2D eigenvalue weighted by atomic mass is 35.5. The summed E-state index contributed by atoms with van der Waals surface area (Å²) in [7, 11) is 0. The Morgan fingerprint density at radius 3 is 2.62 bits per heavy atom. The smallest absolute Gasteiger partial charge is 0.336 e. The molecule has 4 N–H and O–H groups in total. The molecule has 42 heavy (non-hydrogen) atoms. The number of hydrogen-bond donors (Lipinski definition) is 2. The van der Waals surface area contributed by atoms with Crippen LogP contribution in [0.1, 0.15) is 17.4 Å². The predicted octanol–water partition coefficient (Wildman–Crippen LogP) is 5.90. The third-order valence-electron chi connectivity index (χ3n) is 6.73. The molecule has 0 amide bonds. The molecule has 0 bridgehead atoms. The second-order valence-corrected chi connectivity index (χ2v) is 11.2. The van der Waals surface area contributed by atoms with Crippen LogP contribution < -0.4 is 27.8 Å². The van der Waals surface area contributed by atoms with Crippen LogP contribution >= 0.6 is 22.9 Å². The normalized spacial score (nSPS) is 12.1. The summed E-state index contributed by atoms with van der Waals surface area (Å²) in [6.45, 7) is 7.58. The number of fused-ring (bicyclic) bond motifs is 1. The lowest BCUT2D eigenvalue weighted by Crippen LogP contribution is -2.46. The zero-order valence-corrected chi connectivity index (χ0v) is 24.7. The van der Waals surface area contributed by atoms with Gasteiger partial charge in [-0.25, -0.2) is 15.2 Å². The molecule has 0 fully saturated rings. The highest BCUT2D eigenvalue weighted by molar-refractivity contribution is 7.10. The first-order valence-electron chi connectivity index (χ1n) is 13.0. The van der Waals surface area contributed by atoms with Crippen LogP contribution in [0.2, 0.25) is 5.02 Å². The molecule has 0 spiro atoms. The van der Waals surface area contributed by atoms with Gasteiger partial charge in [0.15, 0.2) is 0 Å². The van der Waals surface area contributed by atoms with Gasteiger partial charge in [-0.1, -0.05) is 66.7 Å². The molecule has 0 aliphatic heterocycles. The molecule has 10 heteroatoms. The van der Waals surface area contributed by atoms with Crippen LogP contribution in [0.5, 0.6) is 0 Å². The van der Waals surface area contributed by atoms with Gasteiger partial charge in [-0.3, -0.25) is 19.4 Å². The van der Waals surface area contributed by atoms with Crippen molar-refractivity contribution >= 4 is 39.4 Å². The molecular weight excluding hydrogens is 568 g/mol. The Morgan fingerprint density at radius 2 is 1.93 bits per heavy atom. The van der Waals surface area contributed by atoms with E-state index in [9.17, 15) is 9.59 Å². The number of nitrogens with zero attached hydrogens (tertiary/aromatic N) is 4. The van der Waals surface area contributed by atoms with Crippen LogP contribution in [0, 0.1) is 6.92 Å². The van der Waals surface area contributed by atoms with Crippen LogP contribution in [0.3, 0.4) is 0 Å². The van der Waals surface area contributed by atoms with Crippen molar-refractivity contribution in [3.05, 3.63) is 145 Å². The van der Waals surface area contributed by atoms with E-state index in [1.54, 1.807) is 71.5 Å². The lowest BCUT2D eigenvalue weighted by atomic mass is 10.1. The number of aromatic nitrogens is 3. The van der Waals surface area contributed by atoms with Crippen molar-refractivity contribution in [3.8, 4) is 16.9 Å². The van der Waals surface area contributed by atoms with Gasteiger partial charge in [-0.05, 0) is 49.1 Å². The molecule has 5 aromatic rings. The number of halogens is 1. The first-order valence-corrected chi connectivity index (χ1v) is 14.3. The molecule has 0 saturated heterocycles. The fraction of sp³-hybridized carbons (Fsp3) is 0.0938. The Balaban J connectivity index is 1.97. The Hall–Kier alpha value is -4.70. The largest absolute Gasteiger partial charge is 0.401 e. The van der Waals surface area contributed by atoms with Gasteiger partial charge in [0.1, 0.15) is 5.69 Å². The van der Waals surface area contributed by atoms with Crippen molar-refractivity contribution in [1.29, 1.82) is 0 Å². The van der Waals surface area contributed by atoms with Gasteiger partial charge in [-0.15, -0.1) is 11.3 Å². The van der Waals surface area contributed by atoms with Crippen molar-refractivity contribution in [2.24, 2.45) is 11.6 Å². The molecule has 212 valence electrons. The zero-order valence-electron chi connectivity index (χ0n) is 23.1. The van der Waals surface area contributed by atoms with E-state index in [2.05, 4.69) is 11.6 Å². The fourth-order valence-electron chi connectivity index (χ4n) is 4.87.